The van der Waals surface area contributed by atoms with E-state index in [4.69, 9.17) is 9.47 Å². The summed E-state index contributed by atoms with van der Waals surface area (Å²) >= 11 is 1.08. The minimum absolute atomic E-state index is 0.280. The number of benzene rings is 2. The van der Waals surface area contributed by atoms with E-state index in [1.54, 1.807) is 43.2 Å². The van der Waals surface area contributed by atoms with Crippen LogP contribution in [-0.2, 0) is 0 Å². The van der Waals surface area contributed by atoms with Gasteiger partial charge in [-0.15, -0.1) is 5.10 Å². The molecule has 0 radical (unpaired) electrons. The van der Waals surface area contributed by atoms with Crippen LogP contribution in [0.5, 0.6) is 11.5 Å². The third-order valence-electron chi connectivity index (χ3n) is 4.40. The third-order valence-corrected chi connectivity index (χ3v) is 5.03. The number of aromatic nitrogens is 5. The quantitative estimate of drug-likeness (QED) is 0.508. The summed E-state index contributed by atoms with van der Waals surface area (Å²) in [4.78, 5) is 16.8. The normalized spacial score (nSPS) is 10.6. The van der Waals surface area contributed by atoms with Gasteiger partial charge in [0, 0.05) is 23.2 Å². The average molecular weight is 422 g/mol. The van der Waals surface area contributed by atoms with E-state index in [2.05, 4.69) is 25.0 Å². The molecule has 30 heavy (non-hydrogen) atoms. The predicted octanol–water partition coefficient (Wildman–Crippen LogP) is 3.36. The molecule has 4 rings (SSSR count). The number of hydrogen-bond donors (Lipinski definition) is 1. The lowest BCUT2D eigenvalue weighted by Crippen LogP contribution is -2.11. The molecule has 0 aliphatic carbocycles. The van der Waals surface area contributed by atoms with Crippen LogP contribution < -0.4 is 14.8 Å². The molecular weight excluding hydrogens is 404 g/mol. The van der Waals surface area contributed by atoms with Crippen LogP contribution in [0.25, 0.3) is 17.2 Å². The summed E-state index contributed by atoms with van der Waals surface area (Å²) in [6.45, 7) is 1.88. The smallest absolute Gasteiger partial charge is 0.257 e. The molecule has 0 aliphatic rings. The van der Waals surface area contributed by atoms with E-state index in [1.807, 2.05) is 31.2 Å². The van der Waals surface area contributed by atoms with Crippen LogP contribution in [0.4, 0.5) is 5.13 Å². The van der Waals surface area contributed by atoms with E-state index in [0.29, 0.717) is 28.0 Å². The molecule has 0 atom stereocenters. The van der Waals surface area contributed by atoms with Crippen molar-refractivity contribution < 1.29 is 14.3 Å². The fourth-order valence-electron chi connectivity index (χ4n) is 2.81. The number of carbonyl (C=O) groups excluding carboxylic acids is 1. The Morgan fingerprint density at radius 1 is 1.07 bits per heavy atom. The maximum absolute atomic E-state index is 12.4. The largest absolute Gasteiger partial charge is 0.497 e. The number of carbonyl (C=O) groups is 1. The maximum atomic E-state index is 12.4. The molecule has 0 saturated heterocycles. The van der Waals surface area contributed by atoms with Gasteiger partial charge in [-0.3, -0.25) is 10.1 Å². The van der Waals surface area contributed by atoms with E-state index in [0.717, 1.165) is 28.7 Å². The number of methoxy groups -OCH3 is 2. The molecule has 0 aliphatic heterocycles. The molecule has 10 heteroatoms. The zero-order valence-corrected chi connectivity index (χ0v) is 17.3. The Morgan fingerprint density at radius 2 is 1.83 bits per heavy atom. The molecule has 0 unspecified atom stereocenters. The Balaban J connectivity index is 1.54. The Kier molecular flexibility index (Phi) is 5.40. The second-order valence-corrected chi connectivity index (χ2v) is 6.99. The average Bonchev–Trinajstić information content (AvgIpc) is 3.40. The van der Waals surface area contributed by atoms with Crippen LogP contribution in [0.2, 0.25) is 0 Å². The first-order valence-corrected chi connectivity index (χ1v) is 9.72. The molecule has 1 amide bonds. The van der Waals surface area contributed by atoms with Crippen molar-refractivity contribution in [2.75, 3.05) is 19.5 Å². The van der Waals surface area contributed by atoms with Crippen LogP contribution in [0, 0.1) is 6.92 Å². The number of anilines is 1. The number of amides is 1. The summed E-state index contributed by atoms with van der Waals surface area (Å²) in [5.41, 5.74) is 2.62. The van der Waals surface area contributed by atoms with Crippen molar-refractivity contribution >= 4 is 22.6 Å². The SMILES string of the molecule is COc1ccc(C(=O)Nc2nc(-c3nnn(-c4cccc(OC)c4)c3C)ns2)cc1. The Bertz CT molecular complexity index is 1190. The van der Waals surface area contributed by atoms with Crippen molar-refractivity contribution in [2.45, 2.75) is 6.92 Å². The molecule has 2 heterocycles. The van der Waals surface area contributed by atoms with Crippen LogP contribution in [0.1, 0.15) is 16.1 Å². The van der Waals surface area contributed by atoms with E-state index in [-0.39, 0.29) is 5.91 Å². The fourth-order valence-corrected chi connectivity index (χ4v) is 3.37. The van der Waals surface area contributed by atoms with Crippen molar-refractivity contribution in [1.29, 1.82) is 0 Å². The summed E-state index contributed by atoms with van der Waals surface area (Å²) in [7, 11) is 3.18. The van der Waals surface area contributed by atoms with Crippen molar-refractivity contribution in [2.24, 2.45) is 0 Å². The Labute approximate surface area is 176 Å². The molecule has 0 spiro atoms. The van der Waals surface area contributed by atoms with Gasteiger partial charge in [0.2, 0.25) is 5.13 Å². The molecule has 1 N–H and O–H groups in total. The standard InChI is InChI=1S/C20H18N6O3S/c1-12-17(23-25-26(12)14-5-4-6-16(11-14)29-3)18-21-20(30-24-18)22-19(27)13-7-9-15(28-2)10-8-13/h4-11H,1-3H3,(H,21,22,24,27). The van der Waals surface area contributed by atoms with Gasteiger partial charge in [-0.1, -0.05) is 11.3 Å². The highest BCUT2D eigenvalue weighted by Crippen LogP contribution is 2.25. The van der Waals surface area contributed by atoms with E-state index >= 15 is 0 Å². The first-order chi connectivity index (χ1) is 14.6. The van der Waals surface area contributed by atoms with Gasteiger partial charge in [-0.25, -0.2) is 4.68 Å². The number of nitrogens with one attached hydrogen (secondary N) is 1. The molecule has 4 aromatic rings. The minimum Gasteiger partial charge on any atom is -0.497 e. The lowest BCUT2D eigenvalue weighted by atomic mass is 10.2. The lowest BCUT2D eigenvalue weighted by molar-refractivity contribution is 0.102. The number of hydrogen-bond acceptors (Lipinski definition) is 8. The second-order valence-electron chi connectivity index (χ2n) is 6.24. The molecule has 2 aromatic heterocycles. The van der Waals surface area contributed by atoms with Crippen molar-refractivity contribution in [3.05, 3.63) is 59.8 Å². The number of ether oxygens (including phenoxy) is 2. The predicted molar refractivity (Wildman–Crippen MR) is 112 cm³/mol. The molecule has 0 fully saturated rings. The molecule has 152 valence electrons. The van der Waals surface area contributed by atoms with Crippen LogP contribution in [0.3, 0.4) is 0 Å². The maximum Gasteiger partial charge on any atom is 0.257 e. The van der Waals surface area contributed by atoms with Crippen LogP contribution >= 0.6 is 11.5 Å². The zero-order chi connectivity index (χ0) is 21.1. The van der Waals surface area contributed by atoms with Gasteiger partial charge >= 0.3 is 0 Å². The highest BCUT2D eigenvalue weighted by Gasteiger charge is 2.18. The Hall–Kier alpha value is -3.79. The van der Waals surface area contributed by atoms with Gasteiger partial charge in [-0.2, -0.15) is 9.36 Å². The fraction of sp³-hybridized carbons (Fsp3) is 0.150. The van der Waals surface area contributed by atoms with Crippen LogP contribution in [0.15, 0.2) is 48.5 Å². The monoisotopic (exact) mass is 422 g/mol. The van der Waals surface area contributed by atoms with Crippen molar-refractivity contribution in [1.82, 2.24) is 24.4 Å². The first-order valence-electron chi connectivity index (χ1n) is 8.95. The lowest BCUT2D eigenvalue weighted by Gasteiger charge is -2.05. The third kappa shape index (κ3) is 3.85. The summed E-state index contributed by atoms with van der Waals surface area (Å²) in [5, 5.41) is 11.6. The van der Waals surface area contributed by atoms with Crippen LogP contribution in [-0.4, -0.2) is 44.5 Å². The van der Waals surface area contributed by atoms with Gasteiger partial charge in [0.25, 0.3) is 5.91 Å². The topological polar surface area (TPSA) is 104 Å². The number of nitrogens with zero attached hydrogens (tertiary/aromatic N) is 5. The molecule has 0 bridgehead atoms. The zero-order valence-electron chi connectivity index (χ0n) is 16.5. The molecule has 2 aromatic carbocycles. The van der Waals surface area contributed by atoms with Gasteiger partial charge in [0.15, 0.2) is 11.5 Å². The summed E-state index contributed by atoms with van der Waals surface area (Å²) in [6, 6.07) is 14.3. The van der Waals surface area contributed by atoms with Gasteiger partial charge in [0.1, 0.15) is 11.5 Å². The molecule has 0 saturated carbocycles. The number of rotatable bonds is 6. The van der Waals surface area contributed by atoms with Gasteiger partial charge in [0.05, 0.1) is 25.6 Å². The van der Waals surface area contributed by atoms with E-state index in [9.17, 15) is 4.79 Å². The highest BCUT2D eigenvalue weighted by atomic mass is 32.1. The molecular formula is C20H18N6O3S. The van der Waals surface area contributed by atoms with E-state index in [1.165, 1.54) is 0 Å². The Morgan fingerprint density at radius 3 is 2.57 bits per heavy atom. The summed E-state index contributed by atoms with van der Waals surface area (Å²) < 4.78 is 16.4. The highest BCUT2D eigenvalue weighted by molar-refractivity contribution is 7.10. The van der Waals surface area contributed by atoms with Gasteiger partial charge < -0.3 is 9.47 Å². The summed E-state index contributed by atoms with van der Waals surface area (Å²) in [6.07, 6.45) is 0. The molecule has 9 nitrogen and oxygen atoms in total. The van der Waals surface area contributed by atoms with Crippen molar-refractivity contribution in [3.8, 4) is 28.7 Å². The van der Waals surface area contributed by atoms with Gasteiger partial charge in [-0.05, 0) is 43.3 Å². The first kappa shape index (κ1) is 19.5. The van der Waals surface area contributed by atoms with E-state index < -0.39 is 0 Å². The van der Waals surface area contributed by atoms with Crippen molar-refractivity contribution in [3.63, 3.8) is 0 Å². The summed E-state index contributed by atoms with van der Waals surface area (Å²) in [5.74, 6) is 1.52. The minimum atomic E-state index is -0.280. The second kappa shape index (κ2) is 8.29.